The first-order valence-electron chi connectivity index (χ1n) is 10.8. The largest absolute Gasteiger partial charge is 0.497 e. The van der Waals surface area contributed by atoms with Gasteiger partial charge in [0.2, 0.25) is 5.89 Å². The molecule has 1 unspecified atom stereocenters. The standard InChI is InChI=1S/C22H34N6O3/c1-16(2)21-26-20(31-27-21)9-10-24-22(23-3)25-15-19(28-11-13-30-14-12-28)17-5-7-18(29-4)8-6-17/h5-8,16,19H,9-15H2,1-4H3,(H2,23,24,25). The van der Waals surface area contributed by atoms with Crippen molar-refractivity contribution in [3.63, 3.8) is 0 Å². The molecule has 0 bridgehead atoms. The first kappa shape index (κ1) is 23.0. The van der Waals surface area contributed by atoms with Gasteiger partial charge in [0, 0.05) is 45.6 Å². The Labute approximate surface area is 184 Å². The van der Waals surface area contributed by atoms with Crippen LogP contribution in [0.3, 0.4) is 0 Å². The third kappa shape index (κ3) is 6.67. The van der Waals surface area contributed by atoms with Crippen molar-refractivity contribution in [1.82, 2.24) is 25.7 Å². The molecule has 0 saturated carbocycles. The van der Waals surface area contributed by atoms with Gasteiger partial charge in [0.25, 0.3) is 0 Å². The molecule has 2 heterocycles. The zero-order chi connectivity index (χ0) is 22.1. The van der Waals surface area contributed by atoms with Crippen LogP contribution in [0.5, 0.6) is 5.75 Å². The number of aliphatic imine (C=N–C) groups is 1. The number of morpholine rings is 1. The summed E-state index contributed by atoms with van der Waals surface area (Å²) in [5.74, 6) is 3.24. The molecule has 1 aliphatic heterocycles. The van der Waals surface area contributed by atoms with Gasteiger partial charge in [0.15, 0.2) is 11.8 Å². The number of nitrogens with one attached hydrogen (secondary N) is 2. The van der Waals surface area contributed by atoms with Crippen LogP contribution < -0.4 is 15.4 Å². The zero-order valence-corrected chi connectivity index (χ0v) is 18.9. The minimum atomic E-state index is 0.206. The van der Waals surface area contributed by atoms with Crippen LogP contribution >= 0.6 is 0 Å². The van der Waals surface area contributed by atoms with E-state index in [2.05, 4.69) is 42.8 Å². The SMILES string of the molecule is CN=C(NCCc1nc(C(C)C)no1)NCC(c1ccc(OC)cc1)N1CCOCC1. The lowest BCUT2D eigenvalue weighted by Crippen LogP contribution is -2.46. The molecule has 0 amide bonds. The first-order valence-corrected chi connectivity index (χ1v) is 10.8. The predicted molar refractivity (Wildman–Crippen MR) is 120 cm³/mol. The molecule has 1 aliphatic rings. The maximum atomic E-state index is 5.54. The van der Waals surface area contributed by atoms with Gasteiger partial charge in [-0.1, -0.05) is 31.1 Å². The maximum absolute atomic E-state index is 5.54. The minimum absolute atomic E-state index is 0.206. The van der Waals surface area contributed by atoms with E-state index in [1.807, 2.05) is 26.0 Å². The van der Waals surface area contributed by atoms with Gasteiger partial charge < -0.3 is 24.6 Å². The first-order chi connectivity index (χ1) is 15.1. The quantitative estimate of drug-likeness (QED) is 0.460. The molecule has 1 atom stereocenters. The highest BCUT2D eigenvalue weighted by molar-refractivity contribution is 5.79. The van der Waals surface area contributed by atoms with Crippen molar-refractivity contribution in [2.75, 3.05) is 53.6 Å². The fraction of sp³-hybridized carbons (Fsp3) is 0.591. The van der Waals surface area contributed by atoms with Gasteiger partial charge in [-0.25, -0.2) is 0 Å². The van der Waals surface area contributed by atoms with E-state index in [-0.39, 0.29) is 12.0 Å². The summed E-state index contributed by atoms with van der Waals surface area (Å²) in [7, 11) is 3.46. The number of hydrogen-bond acceptors (Lipinski definition) is 7. The Balaban J connectivity index is 1.56. The molecule has 1 saturated heterocycles. The van der Waals surface area contributed by atoms with Gasteiger partial charge >= 0.3 is 0 Å². The summed E-state index contributed by atoms with van der Waals surface area (Å²) in [6.45, 7) is 8.79. The predicted octanol–water partition coefficient (Wildman–Crippen LogP) is 1.98. The van der Waals surface area contributed by atoms with Crippen molar-refractivity contribution < 1.29 is 14.0 Å². The van der Waals surface area contributed by atoms with E-state index in [1.54, 1.807) is 14.2 Å². The van der Waals surface area contributed by atoms with Gasteiger partial charge in [-0.05, 0) is 17.7 Å². The molecular weight excluding hydrogens is 396 g/mol. The molecular formula is C22H34N6O3. The lowest BCUT2D eigenvalue weighted by Gasteiger charge is -2.35. The number of guanidine groups is 1. The van der Waals surface area contributed by atoms with Crippen LogP contribution in [0.4, 0.5) is 0 Å². The monoisotopic (exact) mass is 430 g/mol. The molecule has 1 aromatic heterocycles. The molecule has 1 aromatic carbocycles. The second kappa shape index (κ2) is 11.7. The van der Waals surface area contributed by atoms with Gasteiger partial charge in [-0.15, -0.1) is 0 Å². The molecule has 2 aromatic rings. The normalized spacial score (nSPS) is 16.4. The van der Waals surface area contributed by atoms with Gasteiger partial charge in [-0.2, -0.15) is 4.98 Å². The lowest BCUT2D eigenvalue weighted by molar-refractivity contribution is 0.0170. The Hall–Kier alpha value is -2.65. The maximum Gasteiger partial charge on any atom is 0.228 e. The van der Waals surface area contributed by atoms with Gasteiger partial charge in [-0.3, -0.25) is 9.89 Å². The Morgan fingerprint density at radius 2 is 1.94 bits per heavy atom. The molecule has 170 valence electrons. The Kier molecular flexibility index (Phi) is 8.66. The second-order valence-corrected chi connectivity index (χ2v) is 7.77. The Morgan fingerprint density at radius 3 is 2.55 bits per heavy atom. The number of hydrogen-bond donors (Lipinski definition) is 2. The number of rotatable bonds is 9. The van der Waals surface area contributed by atoms with Crippen LogP contribution in [0, 0.1) is 0 Å². The van der Waals surface area contributed by atoms with Gasteiger partial charge in [0.1, 0.15) is 5.75 Å². The Bertz CT molecular complexity index is 815. The van der Waals surface area contributed by atoms with Crippen molar-refractivity contribution in [2.45, 2.75) is 32.2 Å². The van der Waals surface area contributed by atoms with Crippen LogP contribution in [0.2, 0.25) is 0 Å². The summed E-state index contributed by atoms with van der Waals surface area (Å²) in [5.41, 5.74) is 1.23. The summed E-state index contributed by atoms with van der Waals surface area (Å²) < 4.78 is 16.2. The van der Waals surface area contributed by atoms with Gasteiger partial charge in [0.05, 0.1) is 26.4 Å². The third-order valence-corrected chi connectivity index (χ3v) is 5.30. The van der Waals surface area contributed by atoms with E-state index < -0.39 is 0 Å². The molecule has 0 radical (unpaired) electrons. The molecule has 3 rings (SSSR count). The summed E-state index contributed by atoms with van der Waals surface area (Å²) in [5, 5.41) is 10.8. The van der Waals surface area contributed by atoms with E-state index in [0.717, 1.165) is 50.4 Å². The van der Waals surface area contributed by atoms with Crippen molar-refractivity contribution in [2.24, 2.45) is 4.99 Å². The molecule has 9 nitrogen and oxygen atoms in total. The van der Waals surface area contributed by atoms with Crippen LogP contribution in [-0.4, -0.2) is 74.6 Å². The van der Waals surface area contributed by atoms with Crippen LogP contribution in [0.25, 0.3) is 0 Å². The highest BCUT2D eigenvalue weighted by atomic mass is 16.5. The summed E-state index contributed by atoms with van der Waals surface area (Å²) in [4.78, 5) is 11.2. The third-order valence-electron chi connectivity index (χ3n) is 5.30. The topological polar surface area (TPSA) is 97.0 Å². The average Bonchev–Trinajstić information content (AvgIpc) is 3.28. The zero-order valence-electron chi connectivity index (χ0n) is 18.9. The lowest BCUT2D eigenvalue weighted by atomic mass is 10.0. The molecule has 2 N–H and O–H groups in total. The highest BCUT2D eigenvalue weighted by Crippen LogP contribution is 2.23. The van der Waals surface area contributed by atoms with Crippen molar-refractivity contribution in [3.05, 3.63) is 41.5 Å². The summed E-state index contributed by atoms with van der Waals surface area (Å²) in [6.07, 6.45) is 0.645. The van der Waals surface area contributed by atoms with Crippen LogP contribution in [-0.2, 0) is 11.2 Å². The van der Waals surface area contributed by atoms with Crippen LogP contribution in [0.15, 0.2) is 33.8 Å². The number of aromatic nitrogens is 2. The highest BCUT2D eigenvalue weighted by Gasteiger charge is 2.23. The van der Waals surface area contributed by atoms with Crippen molar-refractivity contribution >= 4 is 5.96 Å². The molecule has 0 aliphatic carbocycles. The molecule has 1 fully saturated rings. The van der Waals surface area contributed by atoms with Crippen LogP contribution in [0.1, 0.15) is 43.1 Å². The fourth-order valence-electron chi connectivity index (χ4n) is 3.48. The molecule has 31 heavy (non-hydrogen) atoms. The number of benzene rings is 1. The number of ether oxygens (including phenoxy) is 2. The Morgan fingerprint density at radius 1 is 1.19 bits per heavy atom. The van der Waals surface area contributed by atoms with E-state index in [1.165, 1.54) is 5.56 Å². The van der Waals surface area contributed by atoms with Crippen molar-refractivity contribution in [3.8, 4) is 5.75 Å². The smallest absolute Gasteiger partial charge is 0.228 e. The number of methoxy groups -OCH3 is 1. The fourth-order valence-corrected chi connectivity index (χ4v) is 3.48. The van der Waals surface area contributed by atoms with E-state index in [4.69, 9.17) is 14.0 Å². The van der Waals surface area contributed by atoms with E-state index in [9.17, 15) is 0 Å². The summed E-state index contributed by atoms with van der Waals surface area (Å²) >= 11 is 0. The van der Waals surface area contributed by atoms with E-state index >= 15 is 0 Å². The average molecular weight is 431 g/mol. The minimum Gasteiger partial charge on any atom is -0.497 e. The van der Waals surface area contributed by atoms with Crippen molar-refractivity contribution in [1.29, 1.82) is 0 Å². The molecule has 9 heteroatoms. The van der Waals surface area contributed by atoms with E-state index in [0.29, 0.717) is 18.9 Å². The number of nitrogens with zero attached hydrogens (tertiary/aromatic N) is 4. The molecule has 0 spiro atoms. The second-order valence-electron chi connectivity index (χ2n) is 7.77. The summed E-state index contributed by atoms with van der Waals surface area (Å²) in [6, 6.07) is 8.47.